The van der Waals surface area contributed by atoms with Crippen LogP contribution in [0.25, 0.3) is 0 Å². The predicted octanol–water partition coefficient (Wildman–Crippen LogP) is 0.903. The maximum absolute atomic E-state index is 11.8. The molecule has 3 amide bonds. The summed E-state index contributed by atoms with van der Waals surface area (Å²) < 4.78 is 5.19. The average Bonchev–Trinajstić information content (AvgIpc) is 2.23. The number of carbonyl (C=O) groups is 3. The van der Waals surface area contributed by atoms with E-state index in [1.165, 1.54) is 6.21 Å². The van der Waals surface area contributed by atoms with Crippen molar-refractivity contribution in [3.8, 4) is 0 Å². The number of esters is 1. The number of nitrogens with two attached hydrogens (primary N) is 1. The molecule has 0 unspecified atom stereocenters. The lowest BCUT2D eigenvalue weighted by atomic mass is 10.1. The minimum absolute atomic E-state index is 0.0922. The molecule has 0 aliphatic carbocycles. The molecule has 0 aromatic heterocycles. The lowest BCUT2D eigenvalue weighted by Gasteiger charge is -2.21. The zero-order valence-electron chi connectivity index (χ0n) is 13.8. The van der Waals surface area contributed by atoms with Gasteiger partial charge in [0.25, 0.3) is 0 Å². The Morgan fingerprint density at radius 2 is 1.82 bits per heavy atom. The molecule has 0 saturated carbocycles. The molecule has 0 aromatic rings. The van der Waals surface area contributed by atoms with Gasteiger partial charge in [-0.05, 0) is 26.7 Å². The number of urea groups is 1. The van der Waals surface area contributed by atoms with Crippen molar-refractivity contribution in [2.24, 2.45) is 16.8 Å². The molecular formula is C14H26N4O4. The summed E-state index contributed by atoms with van der Waals surface area (Å²) in [6.45, 7) is 9.07. The predicted molar refractivity (Wildman–Crippen MR) is 83.1 cm³/mol. The number of ether oxygens (including phenoxy) is 1. The van der Waals surface area contributed by atoms with Crippen LogP contribution in [-0.2, 0) is 14.3 Å². The highest BCUT2D eigenvalue weighted by atomic mass is 16.6. The number of hydrazone groups is 1. The fourth-order valence-corrected chi connectivity index (χ4v) is 1.53. The van der Waals surface area contributed by atoms with Gasteiger partial charge < -0.3 is 15.8 Å². The number of nitrogens with one attached hydrogen (secondary N) is 2. The van der Waals surface area contributed by atoms with E-state index in [-0.39, 0.29) is 18.2 Å². The lowest BCUT2D eigenvalue weighted by molar-refractivity contribution is -0.155. The molecule has 0 saturated heterocycles. The van der Waals surface area contributed by atoms with Crippen LogP contribution in [-0.4, -0.2) is 35.8 Å². The van der Waals surface area contributed by atoms with Crippen molar-refractivity contribution in [3.63, 3.8) is 0 Å². The van der Waals surface area contributed by atoms with Crippen LogP contribution in [0.4, 0.5) is 4.79 Å². The largest absolute Gasteiger partial charge is 0.460 e. The van der Waals surface area contributed by atoms with Gasteiger partial charge >= 0.3 is 12.0 Å². The van der Waals surface area contributed by atoms with Crippen molar-refractivity contribution in [1.82, 2.24) is 10.7 Å². The van der Waals surface area contributed by atoms with Gasteiger partial charge in [-0.25, -0.2) is 10.2 Å². The molecule has 0 aromatic carbocycles. The number of rotatable bonds is 7. The molecule has 0 bridgehead atoms. The Labute approximate surface area is 130 Å². The summed E-state index contributed by atoms with van der Waals surface area (Å²) in [7, 11) is 0. The molecule has 0 rings (SSSR count). The third-order valence-electron chi connectivity index (χ3n) is 2.18. The van der Waals surface area contributed by atoms with Crippen molar-refractivity contribution in [3.05, 3.63) is 0 Å². The van der Waals surface area contributed by atoms with E-state index >= 15 is 0 Å². The van der Waals surface area contributed by atoms with E-state index < -0.39 is 23.6 Å². The third kappa shape index (κ3) is 11.7. The zero-order chi connectivity index (χ0) is 17.3. The molecule has 0 aliphatic heterocycles. The molecule has 126 valence electrons. The highest BCUT2D eigenvalue weighted by Gasteiger charge is 2.21. The average molecular weight is 314 g/mol. The topological polar surface area (TPSA) is 123 Å². The van der Waals surface area contributed by atoms with Crippen molar-refractivity contribution in [2.45, 2.75) is 59.1 Å². The van der Waals surface area contributed by atoms with Crippen molar-refractivity contribution in [1.29, 1.82) is 0 Å². The van der Waals surface area contributed by atoms with Crippen LogP contribution in [0, 0.1) is 5.92 Å². The SMILES string of the molecule is CC(C)CC(=O)N[C@H](/C=N/NC(N)=O)CC(=O)OC(C)(C)C. The van der Waals surface area contributed by atoms with Crippen LogP contribution in [0.1, 0.15) is 47.5 Å². The molecule has 0 heterocycles. The van der Waals surface area contributed by atoms with Crippen molar-refractivity contribution >= 4 is 24.1 Å². The van der Waals surface area contributed by atoms with Crippen molar-refractivity contribution in [2.75, 3.05) is 0 Å². The van der Waals surface area contributed by atoms with Crippen LogP contribution in [0.5, 0.6) is 0 Å². The van der Waals surface area contributed by atoms with E-state index in [0.717, 1.165) is 0 Å². The van der Waals surface area contributed by atoms with E-state index in [2.05, 4.69) is 10.4 Å². The van der Waals surface area contributed by atoms with Gasteiger partial charge in [0, 0.05) is 12.6 Å². The van der Waals surface area contributed by atoms with Gasteiger partial charge in [0.2, 0.25) is 5.91 Å². The second kappa shape index (κ2) is 9.01. The first kappa shape index (κ1) is 19.9. The minimum atomic E-state index is -0.833. The van der Waals surface area contributed by atoms with Gasteiger partial charge in [-0.3, -0.25) is 9.59 Å². The van der Waals surface area contributed by atoms with E-state index in [0.29, 0.717) is 6.42 Å². The molecule has 8 nitrogen and oxygen atoms in total. The quantitative estimate of drug-likeness (QED) is 0.367. The Bertz CT molecular complexity index is 427. The number of amides is 3. The molecule has 0 fully saturated rings. The number of primary amides is 1. The van der Waals surface area contributed by atoms with Crippen LogP contribution in [0.2, 0.25) is 0 Å². The first-order valence-corrected chi connectivity index (χ1v) is 7.09. The summed E-state index contributed by atoms with van der Waals surface area (Å²) in [6.07, 6.45) is 1.47. The molecule has 0 radical (unpaired) electrons. The molecule has 0 spiro atoms. The van der Waals surface area contributed by atoms with Crippen LogP contribution in [0.3, 0.4) is 0 Å². The maximum Gasteiger partial charge on any atom is 0.332 e. The van der Waals surface area contributed by atoms with Gasteiger partial charge in [0.15, 0.2) is 0 Å². The van der Waals surface area contributed by atoms with Gasteiger partial charge in [-0.1, -0.05) is 13.8 Å². The number of hydrogen-bond acceptors (Lipinski definition) is 5. The summed E-state index contributed by atoms with van der Waals surface area (Å²) in [5.74, 6) is -0.509. The lowest BCUT2D eigenvalue weighted by Crippen LogP contribution is -2.40. The first-order valence-electron chi connectivity index (χ1n) is 7.09. The monoisotopic (exact) mass is 314 g/mol. The number of hydrogen-bond donors (Lipinski definition) is 3. The normalized spacial score (nSPS) is 13.0. The second-order valence-corrected chi connectivity index (χ2v) is 6.32. The second-order valence-electron chi connectivity index (χ2n) is 6.32. The zero-order valence-corrected chi connectivity index (χ0v) is 13.8. The Balaban J connectivity index is 4.71. The Morgan fingerprint density at radius 1 is 1.23 bits per heavy atom. The highest BCUT2D eigenvalue weighted by Crippen LogP contribution is 2.09. The van der Waals surface area contributed by atoms with E-state index in [4.69, 9.17) is 10.5 Å². The summed E-state index contributed by atoms with van der Waals surface area (Å²) >= 11 is 0. The summed E-state index contributed by atoms with van der Waals surface area (Å²) in [5, 5.41) is 6.24. The standard InChI is InChI=1S/C14H26N4O4/c1-9(2)6-11(19)17-10(8-16-18-13(15)21)7-12(20)22-14(3,4)5/h8-10H,6-7H2,1-5H3,(H,17,19)(H3,15,18,21)/b16-8+/t10-/m0/s1. The fraction of sp³-hybridized carbons (Fsp3) is 0.714. The van der Waals surface area contributed by atoms with Crippen LogP contribution >= 0.6 is 0 Å². The Kier molecular flexibility index (Phi) is 8.14. The Morgan fingerprint density at radius 3 is 2.27 bits per heavy atom. The van der Waals surface area contributed by atoms with Gasteiger partial charge in [-0.15, -0.1) is 0 Å². The summed E-state index contributed by atoms with van der Waals surface area (Å²) in [4.78, 5) is 34.2. The van der Waals surface area contributed by atoms with Gasteiger partial charge in [0.05, 0.1) is 12.5 Å². The molecule has 4 N–H and O–H groups in total. The van der Waals surface area contributed by atoms with E-state index in [1.807, 2.05) is 19.3 Å². The molecule has 8 heteroatoms. The molecular weight excluding hydrogens is 288 g/mol. The third-order valence-corrected chi connectivity index (χ3v) is 2.18. The molecule has 22 heavy (non-hydrogen) atoms. The minimum Gasteiger partial charge on any atom is -0.460 e. The van der Waals surface area contributed by atoms with Gasteiger partial charge in [0.1, 0.15) is 5.60 Å². The molecule has 0 aliphatic rings. The summed E-state index contributed by atoms with van der Waals surface area (Å²) in [5.41, 5.74) is 6.29. The molecule has 1 atom stereocenters. The van der Waals surface area contributed by atoms with Crippen molar-refractivity contribution < 1.29 is 19.1 Å². The summed E-state index contributed by atoms with van der Waals surface area (Å²) in [6, 6.07) is -1.52. The van der Waals surface area contributed by atoms with Gasteiger partial charge in [-0.2, -0.15) is 5.10 Å². The van der Waals surface area contributed by atoms with Crippen LogP contribution in [0.15, 0.2) is 5.10 Å². The first-order chi connectivity index (χ1) is 9.99. The number of nitrogens with zero attached hydrogens (tertiary/aromatic N) is 1. The van der Waals surface area contributed by atoms with E-state index in [9.17, 15) is 14.4 Å². The smallest absolute Gasteiger partial charge is 0.332 e. The number of carbonyl (C=O) groups excluding carboxylic acids is 3. The fourth-order valence-electron chi connectivity index (χ4n) is 1.53. The highest BCUT2D eigenvalue weighted by molar-refractivity contribution is 5.84. The maximum atomic E-state index is 11.8. The van der Waals surface area contributed by atoms with Crippen LogP contribution < -0.4 is 16.5 Å². The Hall–Kier alpha value is -2.12. The van der Waals surface area contributed by atoms with E-state index in [1.54, 1.807) is 20.8 Å².